The SMILES string of the molecule is O=C(NC1CCCC1)[C@H](Cc1ccccc1)N(Cc1cccc(Cl)c1)C(=O)COc1ccc(Br)cc1Cl. The smallest absolute Gasteiger partial charge is 0.261 e. The average molecular weight is 604 g/mol. The van der Waals surface area contributed by atoms with Crippen LogP contribution in [0.5, 0.6) is 5.75 Å². The molecule has 194 valence electrons. The second kappa shape index (κ2) is 13.3. The quantitative estimate of drug-likeness (QED) is 0.276. The van der Waals surface area contributed by atoms with Gasteiger partial charge in [-0.15, -0.1) is 0 Å². The molecular formula is C29H29BrCl2N2O3. The van der Waals surface area contributed by atoms with Gasteiger partial charge in [-0.1, -0.05) is 94.4 Å². The summed E-state index contributed by atoms with van der Waals surface area (Å²) in [7, 11) is 0. The van der Waals surface area contributed by atoms with E-state index in [-0.39, 0.29) is 31.0 Å². The summed E-state index contributed by atoms with van der Waals surface area (Å²) in [5.41, 5.74) is 1.80. The number of halogens is 3. The molecule has 0 unspecified atom stereocenters. The average Bonchev–Trinajstić information content (AvgIpc) is 3.39. The molecule has 1 N–H and O–H groups in total. The molecule has 0 aromatic heterocycles. The number of hydrogen-bond acceptors (Lipinski definition) is 3. The highest BCUT2D eigenvalue weighted by Gasteiger charge is 2.32. The molecule has 5 nitrogen and oxygen atoms in total. The minimum atomic E-state index is -0.724. The Morgan fingerprint density at radius 1 is 0.973 bits per heavy atom. The first-order valence-electron chi connectivity index (χ1n) is 12.3. The molecule has 1 aliphatic rings. The molecule has 0 aliphatic heterocycles. The fourth-order valence-corrected chi connectivity index (χ4v) is 5.51. The molecule has 2 amide bonds. The van der Waals surface area contributed by atoms with Gasteiger partial charge >= 0.3 is 0 Å². The van der Waals surface area contributed by atoms with Crippen LogP contribution in [0.2, 0.25) is 10.0 Å². The fraction of sp³-hybridized carbons (Fsp3) is 0.310. The number of amides is 2. The Kier molecular flexibility index (Phi) is 9.89. The molecule has 1 saturated carbocycles. The van der Waals surface area contributed by atoms with Gasteiger partial charge in [0.25, 0.3) is 5.91 Å². The highest BCUT2D eigenvalue weighted by atomic mass is 79.9. The van der Waals surface area contributed by atoms with Gasteiger partial charge in [-0.3, -0.25) is 9.59 Å². The van der Waals surface area contributed by atoms with Gasteiger partial charge in [-0.2, -0.15) is 0 Å². The minimum absolute atomic E-state index is 0.131. The lowest BCUT2D eigenvalue weighted by Crippen LogP contribution is -2.53. The van der Waals surface area contributed by atoms with Crippen LogP contribution in [-0.4, -0.2) is 35.4 Å². The van der Waals surface area contributed by atoms with Crippen LogP contribution >= 0.6 is 39.1 Å². The normalized spacial score (nSPS) is 14.2. The molecule has 0 heterocycles. The molecule has 1 aliphatic carbocycles. The van der Waals surface area contributed by atoms with Crippen LogP contribution in [0, 0.1) is 0 Å². The van der Waals surface area contributed by atoms with Gasteiger partial charge in [0.05, 0.1) is 5.02 Å². The summed E-state index contributed by atoms with van der Waals surface area (Å²) in [5.74, 6) is -0.0785. The summed E-state index contributed by atoms with van der Waals surface area (Å²) in [6.07, 6.45) is 4.49. The molecular weight excluding hydrogens is 575 g/mol. The van der Waals surface area contributed by atoms with Gasteiger partial charge in [0.15, 0.2) is 6.61 Å². The predicted molar refractivity (Wildman–Crippen MR) is 151 cm³/mol. The molecule has 3 aromatic carbocycles. The maximum atomic E-state index is 13.7. The first kappa shape index (κ1) is 27.5. The van der Waals surface area contributed by atoms with Crippen molar-refractivity contribution < 1.29 is 14.3 Å². The lowest BCUT2D eigenvalue weighted by molar-refractivity contribution is -0.143. The Hall–Kier alpha value is -2.54. The summed E-state index contributed by atoms with van der Waals surface area (Å²) in [6, 6.07) is 21.7. The third kappa shape index (κ3) is 7.97. The molecule has 37 heavy (non-hydrogen) atoms. The number of nitrogens with zero attached hydrogens (tertiary/aromatic N) is 1. The molecule has 0 saturated heterocycles. The topological polar surface area (TPSA) is 58.6 Å². The summed E-state index contributed by atoms with van der Waals surface area (Å²) in [6.45, 7) is -0.0453. The standard InChI is InChI=1S/C29H29BrCl2N2O3/c30-22-13-14-27(25(32)17-22)37-19-28(35)34(18-21-9-6-10-23(31)15-21)26(16-20-7-2-1-3-8-20)29(36)33-24-11-4-5-12-24/h1-3,6-10,13-15,17,24,26H,4-5,11-12,16,18-19H2,(H,33,36)/t26-/m0/s1. The third-order valence-electron chi connectivity index (χ3n) is 6.46. The van der Waals surface area contributed by atoms with Crippen LogP contribution in [0.4, 0.5) is 0 Å². The van der Waals surface area contributed by atoms with E-state index in [1.165, 1.54) is 0 Å². The van der Waals surface area contributed by atoms with Crippen LogP contribution in [0.25, 0.3) is 0 Å². The van der Waals surface area contributed by atoms with Crippen molar-refractivity contribution in [2.75, 3.05) is 6.61 Å². The number of nitrogens with one attached hydrogen (secondary N) is 1. The Bertz CT molecular complexity index is 1220. The van der Waals surface area contributed by atoms with Gasteiger partial charge < -0.3 is 15.0 Å². The van der Waals surface area contributed by atoms with Crippen LogP contribution in [0.3, 0.4) is 0 Å². The molecule has 0 bridgehead atoms. The monoisotopic (exact) mass is 602 g/mol. The van der Waals surface area contributed by atoms with Crippen molar-refractivity contribution in [3.05, 3.63) is 98.4 Å². The lowest BCUT2D eigenvalue weighted by Gasteiger charge is -2.32. The molecule has 0 radical (unpaired) electrons. The Morgan fingerprint density at radius 3 is 2.41 bits per heavy atom. The number of ether oxygens (including phenoxy) is 1. The number of carbonyl (C=O) groups excluding carboxylic acids is 2. The number of carbonyl (C=O) groups is 2. The zero-order valence-corrected chi connectivity index (χ0v) is 23.4. The molecule has 4 rings (SSSR count). The van der Waals surface area contributed by atoms with Crippen LogP contribution in [0.1, 0.15) is 36.8 Å². The maximum absolute atomic E-state index is 13.7. The number of hydrogen-bond donors (Lipinski definition) is 1. The highest BCUT2D eigenvalue weighted by molar-refractivity contribution is 9.10. The molecule has 3 aromatic rings. The van der Waals surface area contributed by atoms with Crippen molar-refractivity contribution in [2.45, 2.75) is 50.7 Å². The zero-order chi connectivity index (χ0) is 26.2. The highest BCUT2D eigenvalue weighted by Crippen LogP contribution is 2.28. The maximum Gasteiger partial charge on any atom is 0.261 e. The first-order chi connectivity index (χ1) is 17.9. The van der Waals surface area contributed by atoms with Crippen molar-refractivity contribution in [1.82, 2.24) is 10.2 Å². The minimum Gasteiger partial charge on any atom is -0.482 e. The van der Waals surface area contributed by atoms with Crippen molar-refractivity contribution in [3.8, 4) is 5.75 Å². The number of benzene rings is 3. The van der Waals surface area contributed by atoms with Crippen LogP contribution in [-0.2, 0) is 22.6 Å². The van der Waals surface area contributed by atoms with Gasteiger partial charge in [0.2, 0.25) is 5.91 Å². The van der Waals surface area contributed by atoms with Crippen molar-refractivity contribution >= 4 is 50.9 Å². The predicted octanol–water partition coefficient (Wildman–Crippen LogP) is 6.83. The van der Waals surface area contributed by atoms with Crippen LogP contribution < -0.4 is 10.1 Å². The van der Waals surface area contributed by atoms with E-state index < -0.39 is 6.04 Å². The van der Waals surface area contributed by atoms with Gasteiger partial charge in [0.1, 0.15) is 11.8 Å². The molecule has 8 heteroatoms. The Labute approximate surface area is 236 Å². The van der Waals surface area contributed by atoms with Gasteiger partial charge in [0, 0.05) is 28.5 Å². The second-order valence-electron chi connectivity index (χ2n) is 9.21. The van der Waals surface area contributed by atoms with E-state index in [1.54, 1.807) is 29.2 Å². The third-order valence-corrected chi connectivity index (χ3v) is 7.48. The second-order valence-corrected chi connectivity index (χ2v) is 11.0. The van der Waals surface area contributed by atoms with Crippen molar-refractivity contribution in [1.29, 1.82) is 0 Å². The summed E-state index contributed by atoms with van der Waals surface area (Å²) >= 11 is 15.9. The summed E-state index contributed by atoms with van der Waals surface area (Å²) in [5, 5.41) is 4.15. The van der Waals surface area contributed by atoms with E-state index in [2.05, 4.69) is 21.2 Å². The fourth-order valence-electron chi connectivity index (χ4n) is 4.57. The Morgan fingerprint density at radius 2 is 1.70 bits per heavy atom. The van der Waals surface area contributed by atoms with Crippen molar-refractivity contribution in [3.63, 3.8) is 0 Å². The zero-order valence-electron chi connectivity index (χ0n) is 20.3. The molecule has 1 atom stereocenters. The van der Waals surface area contributed by atoms with E-state index in [0.717, 1.165) is 41.3 Å². The Balaban J connectivity index is 1.62. The summed E-state index contributed by atoms with van der Waals surface area (Å²) in [4.78, 5) is 29.0. The van der Waals surface area contributed by atoms with Gasteiger partial charge in [-0.25, -0.2) is 0 Å². The van der Waals surface area contributed by atoms with E-state index in [4.69, 9.17) is 27.9 Å². The lowest BCUT2D eigenvalue weighted by atomic mass is 10.0. The van der Waals surface area contributed by atoms with E-state index in [1.807, 2.05) is 48.5 Å². The largest absolute Gasteiger partial charge is 0.482 e. The molecule has 0 spiro atoms. The summed E-state index contributed by atoms with van der Waals surface area (Å²) < 4.78 is 6.62. The van der Waals surface area contributed by atoms with E-state index in [9.17, 15) is 9.59 Å². The van der Waals surface area contributed by atoms with Crippen LogP contribution in [0.15, 0.2) is 77.3 Å². The van der Waals surface area contributed by atoms with Gasteiger partial charge in [-0.05, 0) is 54.3 Å². The first-order valence-corrected chi connectivity index (χ1v) is 13.9. The van der Waals surface area contributed by atoms with E-state index in [0.29, 0.717) is 22.2 Å². The van der Waals surface area contributed by atoms with Crippen molar-refractivity contribution in [2.24, 2.45) is 0 Å². The molecule has 1 fully saturated rings. The number of rotatable bonds is 10. The van der Waals surface area contributed by atoms with E-state index >= 15 is 0 Å².